The van der Waals surface area contributed by atoms with E-state index in [0.717, 1.165) is 53.2 Å². The first kappa shape index (κ1) is 26.6. The van der Waals surface area contributed by atoms with E-state index in [1.165, 1.54) is 5.56 Å². The fraction of sp³-hybridized carbons (Fsp3) is 0.571. The largest absolute Gasteiger partial charge is 0.444 e. The maximum Gasteiger partial charge on any atom is 0.407 e. The number of aryl methyl sites for hydroxylation is 1. The number of thiophene rings is 1. The first-order valence-electron chi connectivity index (χ1n) is 12.9. The average Bonchev–Trinajstić information content (AvgIpc) is 3.44. The summed E-state index contributed by atoms with van der Waals surface area (Å²) in [6, 6.07) is 10.9. The normalized spacial score (nSPS) is 20.0. The lowest BCUT2D eigenvalue weighted by Gasteiger charge is -2.43. The number of nitrogens with zero attached hydrogens (tertiary/aromatic N) is 2. The number of carbonyl (C=O) groups excluding carboxylic acids is 2. The zero-order valence-electron chi connectivity index (χ0n) is 22.4. The van der Waals surface area contributed by atoms with Crippen LogP contribution in [-0.4, -0.2) is 73.7 Å². The minimum Gasteiger partial charge on any atom is -0.444 e. The Labute approximate surface area is 219 Å². The maximum atomic E-state index is 13.3. The van der Waals surface area contributed by atoms with Crippen molar-refractivity contribution in [1.82, 2.24) is 20.4 Å². The molecule has 196 valence electrons. The van der Waals surface area contributed by atoms with Crippen molar-refractivity contribution < 1.29 is 14.3 Å². The van der Waals surface area contributed by atoms with E-state index < -0.39 is 11.7 Å². The Morgan fingerprint density at radius 1 is 1.17 bits per heavy atom. The monoisotopic (exact) mass is 512 g/mol. The second-order valence-electron chi connectivity index (χ2n) is 11.3. The van der Waals surface area contributed by atoms with Crippen LogP contribution in [0.4, 0.5) is 4.79 Å². The van der Waals surface area contributed by atoms with E-state index in [4.69, 9.17) is 4.74 Å². The average molecular weight is 513 g/mol. The highest BCUT2D eigenvalue weighted by atomic mass is 32.1. The molecule has 3 heterocycles. The number of hydrogen-bond donors (Lipinski definition) is 2. The summed E-state index contributed by atoms with van der Waals surface area (Å²) in [6.45, 7) is 10.7. The summed E-state index contributed by atoms with van der Waals surface area (Å²) in [5.74, 6) is 0.0372. The van der Waals surface area contributed by atoms with Crippen LogP contribution in [0.25, 0.3) is 10.4 Å². The Kier molecular flexibility index (Phi) is 7.78. The van der Waals surface area contributed by atoms with Gasteiger partial charge in [0.25, 0.3) is 5.91 Å². The topological polar surface area (TPSA) is 73.9 Å². The number of likely N-dealkylation sites (tertiary alicyclic amines) is 1. The van der Waals surface area contributed by atoms with Gasteiger partial charge in [-0.2, -0.15) is 0 Å². The Morgan fingerprint density at radius 2 is 1.83 bits per heavy atom. The summed E-state index contributed by atoms with van der Waals surface area (Å²) in [4.78, 5) is 31.5. The van der Waals surface area contributed by atoms with Gasteiger partial charge in [-0.25, -0.2) is 4.79 Å². The predicted octanol–water partition coefficient (Wildman–Crippen LogP) is 4.60. The van der Waals surface area contributed by atoms with Crippen molar-refractivity contribution >= 4 is 23.3 Å². The summed E-state index contributed by atoms with van der Waals surface area (Å²) < 4.78 is 5.36. The molecule has 2 aromatic rings. The molecule has 4 rings (SSSR count). The Balaban J connectivity index is 1.44. The van der Waals surface area contributed by atoms with Crippen LogP contribution in [0.3, 0.4) is 0 Å². The lowest BCUT2D eigenvalue weighted by Crippen LogP contribution is -2.49. The molecule has 2 fully saturated rings. The van der Waals surface area contributed by atoms with E-state index in [-0.39, 0.29) is 17.5 Å². The molecule has 1 atom stereocenters. The molecular weight excluding hydrogens is 472 g/mol. The zero-order chi connectivity index (χ0) is 26.1. The molecule has 2 N–H and O–H groups in total. The number of benzene rings is 1. The summed E-state index contributed by atoms with van der Waals surface area (Å²) in [7, 11) is 4.34. The second-order valence-corrected chi connectivity index (χ2v) is 12.3. The first-order chi connectivity index (χ1) is 17.0. The molecule has 1 aromatic heterocycles. The SMILES string of the molecule is Cc1cc(-c2ccc(C3(N(C)C)CCNCC3)cc2)sc1C(=O)N1CC[C@H](NC(=O)OC(C)(C)C)C1. The third-order valence-electron chi connectivity index (χ3n) is 7.30. The highest BCUT2D eigenvalue weighted by Crippen LogP contribution is 2.38. The van der Waals surface area contributed by atoms with Crippen molar-refractivity contribution in [2.24, 2.45) is 0 Å². The van der Waals surface area contributed by atoms with Crippen LogP contribution >= 0.6 is 11.3 Å². The van der Waals surface area contributed by atoms with Crippen LogP contribution in [0.2, 0.25) is 0 Å². The van der Waals surface area contributed by atoms with Gasteiger partial charge < -0.3 is 20.3 Å². The molecule has 2 amide bonds. The second kappa shape index (κ2) is 10.5. The Bertz CT molecular complexity index is 1080. The van der Waals surface area contributed by atoms with Gasteiger partial charge in [0.15, 0.2) is 0 Å². The van der Waals surface area contributed by atoms with Gasteiger partial charge in [0.2, 0.25) is 0 Å². The van der Waals surface area contributed by atoms with E-state index in [0.29, 0.717) is 13.1 Å². The standard InChI is InChI=1S/C28H40N4O3S/c1-19-17-23(20-7-9-21(10-8-20)28(31(5)6)12-14-29-15-13-28)36-24(19)25(33)32-16-11-22(18-32)30-26(34)35-27(2,3)4/h7-10,17,22,29H,11-16,18H2,1-6H3,(H,30,34)/t22-/m0/s1. The molecule has 1 aromatic carbocycles. The Morgan fingerprint density at radius 3 is 2.44 bits per heavy atom. The summed E-state index contributed by atoms with van der Waals surface area (Å²) >= 11 is 1.55. The molecule has 0 radical (unpaired) electrons. The minimum atomic E-state index is -0.540. The highest BCUT2D eigenvalue weighted by molar-refractivity contribution is 7.17. The van der Waals surface area contributed by atoms with E-state index in [1.807, 2.05) is 32.6 Å². The number of amides is 2. The predicted molar refractivity (Wildman–Crippen MR) is 146 cm³/mol. The molecule has 36 heavy (non-hydrogen) atoms. The van der Waals surface area contributed by atoms with Gasteiger partial charge in [-0.1, -0.05) is 24.3 Å². The number of carbonyl (C=O) groups is 2. The third kappa shape index (κ3) is 5.76. The van der Waals surface area contributed by atoms with Gasteiger partial charge in [-0.3, -0.25) is 9.69 Å². The lowest BCUT2D eigenvalue weighted by atomic mass is 9.80. The van der Waals surface area contributed by atoms with Gasteiger partial charge in [0.05, 0.1) is 10.9 Å². The van der Waals surface area contributed by atoms with Crippen molar-refractivity contribution in [3.8, 4) is 10.4 Å². The van der Waals surface area contributed by atoms with Crippen LogP contribution in [0.5, 0.6) is 0 Å². The fourth-order valence-corrected chi connectivity index (χ4v) is 6.44. The van der Waals surface area contributed by atoms with Crippen molar-refractivity contribution in [1.29, 1.82) is 0 Å². The molecule has 2 aliphatic heterocycles. The van der Waals surface area contributed by atoms with Gasteiger partial charge >= 0.3 is 6.09 Å². The van der Waals surface area contributed by atoms with Gasteiger partial charge in [0.1, 0.15) is 5.60 Å². The fourth-order valence-electron chi connectivity index (χ4n) is 5.30. The Hall–Kier alpha value is -2.42. The molecule has 2 aliphatic rings. The minimum absolute atomic E-state index is 0.0372. The highest BCUT2D eigenvalue weighted by Gasteiger charge is 2.36. The molecule has 0 bridgehead atoms. The smallest absolute Gasteiger partial charge is 0.407 e. The summed E-state index contributed by atoms with van der Waals surface area (Å²) in [6.07, 6.45) is 2.48. The molecule has 0 unspecified atom stereocenters. The molecule has 8 heteroatoms. The number of nitrogens with one attached hydrogen (secondary N) is 2. The third-order valence-corrected chi connectivity index (χ3v) is 8.58. The van der Waals surface area contributed by atoms with E-state index in [2.05, 4.69) is 60.0 Å². The molecule has 0 aliphatic carbocycles. The van der Waals surface area contributed by atoms with Crippen LogP contribution < -0.4 is 10.6 Å². The number of hydrogen-bond acceptors (Lipinski definition) is 6. The van der Waals surface area contributed by atoms with Crippen LogP contribution in [0.1, 0.15) is 60.8 Å². The quantitative estimate of drug-likeness (QED) is 0.612. The van der Waals surface area contributed by atoms with Crippen molar-refractivity contribution in [3.63, 3.8) is 0 Å². The van der Waals surface area contributed by atoms with E-state index >= 15 is 0 Å². The van der Waals surface area contributed by atoms with Gasteiger partial charge in [0, 0.05) is 23.5 Å². The molecule has 7 nitrogen and oxygen atoms in total. The zero-order valence-corrected chi connectivity index (χ0v) is 23.3. The number of piperidine rings is 1. The van der Waals surface area contributed by atoms with E-state index in [1.54, 1.807) is 11.3 Å². The number of rotatable bonds is 5. The van der Waals surface area contributed by atoms with Crippen molar-refractivity contribution in [3.05, 3.63) is 46.3 Å². The lowest BCUT2D eigenvalue weighted by molar-refractivity contribution is 0.0502. The molecule has 2 saturated heterocycles. The molecule has 0 spiro atoms. The summed E-state index contributed by atoms with van der Waals surface area (Å²) in [5, 5.41) is 6.38. The first-order valence-corrected chi connectivity index (χ1v) is 13.7. The van der Waals surface area contributed by atoms with Crippen molar-refractivity contribution in [2.45, 2.75) is 64.1 Å². The van der Waals surface area contributed by atoms with Crippen LogP contribution in [-0.2, 0) is 10.3 Å². The van der Waals surface area contributed by atoms with Crippen LogP contribution in [0.15, 0.2) is 30.3 Å². The maximum absolute atomic E-state index is 13.3. The molecular formula is C28H40N4O3S. The number of alkyl carbamates (subject to hydrolysis) is 1. The molecule has 0 saturated carbocycles. The van der Waals surface area contributed by atoms with Crippen molar-refractivity contribution in [2.75, 3.05) is 40.3 Å². The number of ether oxygens (including phenoxy) is 1. The van der Waals surface area contributed by atoms with Gasteiger partial charge in [-0.05, 0) is 96.9 Å². The van der Waals surface area contributed by atoms with Crippen LogP contribution in [0, 0.1) is 6.92 Å². The van der Waals surface area contributed by atoms with E-state index in [9.17, 15) is 9.59 Å². The van der Waals surface area contributed by atoms with Gasteiger partial charge in [-0.15, -0.1) is 11.3 Å². The summed E-state index contributed by atoms with van der Waals surface area (Å²) in [5.41, 5.74) is 3.01.